The number of hydrogen-bond acceptors (Lipinski definition) is 4. The smallest absolute Gasteiger partial charge is 0.302 e. The zero-order valence-corrected chi connectivity index (χ0v) is 10.3. The van der Waals surface area contributed by atoms with Crippen molar-refractivity contribution in [1.29, 1.82) is 0 Å². The molecule has 0 rings (SSSR count). The van der Waals surface area contributed by atoms with Gasteiger partial charge in [0, 0.05) is 13.5 Å². The van der Waals surface area contributed by atoms with Gasteiger partial charge in [0.2, 0.25) is 0 Å². The van der Waals surface area contributed by atoms with Crippen LogP contribution in [0.4, 0.5) is 0 Å². The SMILES string of the molecule is CCCCOCC(C)O.CCOC(C)=O. The maximum atomic E-state index is 9.82. The highest BCUT2D eigenvalue weighted by Crippen LogP contribution is 1.89. The lowest BCUT2D eigenvalue weighted by Gasteiger charge is -2.03. The van der Waals surface area contributed by atoms with Gasteiger partial charge in [0.15, 0.2) is 0 Å². The maximum absolute atomic E-state index is 9.82. The van der Waals surface area contributed by atoms with Crippen LogP contribution in [0.15, 0.2) is 0 Å². The van der Waals surface area contributed by atoms with Crippen LogP contribution >= 0.6 is 0 Å². The second-order valence-corrected chi connectivity index (χ2v) is 3.20. The fraction of sp³-hybridized carbons (Fsp3) is 0.909. The second kappa shape index (κ2) is 13.4. The van der Waals surface area contributed by atoms with Crippen molar-refractivity contribution in [3.63, 3.8) is 0 Å². The predicted octanol–water partition coefficient (Wildman–Crippen LogP) is 1.75. The van der Waals surface area contributed by atoms with E-state index in [1.165, 1.54) is 6.92 Å². The quantitative estimate of drug-likeness (QED) is 0.547. The van der Waals surface area contributed by atoms with Gasteiger partial charge in [0.25, 0.3) is 0 Å². The van der Waals surface area contributed by atoms with Gasteiger partial charge >= 0.3 is 5.97 Å². The number of hydrogen-bond donors (Lipinski definition) is 1. The van der Waals surface area contributed by atoms with Gasteiger partial charge in [-0.3, -0.25) is 4.79 Å². The van der Waals surface area contributed by atoms with E-state index in [2.05, 4.69) is 11.7 Å². The molecule has 0 aromatic heterocycles. The zero-order valence-electron chi connectivity index (χ0n) is 10.3. The molecule has 0 aromatic carbocycles. The van der Waals surface area contributed by atoms with Gasteiger partial charge in [-0.05, 0) is 20.3 Å². The Labute approximate surface area is 92.6 Å². The largest absolute Gasteiger partial charge is 0.466 e. The molecule has 4 heteroatoms. The predicted molar refractivity (Wildman–Crippen MR) is 59.7 cm³/mol. The molecular formula is C11H24O4. The van der Waals surface area contributed by atoms with Crippen molar-refractivity contribution in [3.05, 3.63) is 0 Å². The summed E-state index contributed by atoms with van der Waals surface area (Å²) < 4.78 is 9.49. The first kappa shape index (κ1) is 16.8. The van der Waals surface area contributed by atoms with Gasteiger partial charge in [-0.15, -0.1) is 0 Å². The Kier molecular flexibility index (Phi) is 15.0. The third kappa shape index (κ3) is 24.7. The first-order chi connectivity index (χ1) is 7.04. The highest BCUT2D eigenvalue weighted by molar-refractivity contribution is 5.65. The van der Waals surface area contributed by atoms with E-state index in [4.69, 9.17) is 9.84 Å². The number of aliphatic hydroxyl groups is 1. The van der Waals surface area contributed by atoms with Gasteiger partial charge in [-0.25, -0.2) is 0 Å². The van der Waals surface area contributed by atoms with Gasteiger partial charge in [-0.1, -0.05) is 13.3 Å². The molecule has 92 valence electrons. The van der Waals surface area contributed by atoms with Crippen LogP contribution in [0.25, 0.3) is 0 Å². The van der Waals surface area contributed by atoms with Crippen molar-refractivity contribution in [2.24, 2.45) is 0 Å². The topological polar surface area (TPSA) is 55.8 Å². The van der Waals surface area contributed by atoms with E-state index in [0.717, 1.165) is 19.4 Å². The number of carbonyl (C=O) groups is 1. The molecule has 0 aliphatic rings. The first-order valence-corrected chi connectivity index (χ1v) is 5.43. The van der Waals surface area contributed by atoms with E-state index in [9.17, 15) is 4.79 Å². The van der Waals surface area contributed by atoms with E-state index in [1.807, 2.05) is 0 Å². The van der Waals surface area contributed by atoms with Crippen LogP contribution in [0.3, 0.4) is 0 Å². The molecule has 0 spiro atoms. The van der Waals surface area contributed by atoms with Crippen molar-refractivity contribution in [1.82, 2.24) is 0 Å². The summed E-state index contributed by atoms with van der Waals surface area (Å²) in [5.41, 5.74) is 0. The fourth-order valence-electron chi connectivity index (χ4n) is 0.704. The fourth-order valence-corrected chi connectivity index (χ4v) is 0.704. The molecule has 0 radical (unpaired) electrons. The molecule has 1 atom stereocenters. The van der Waals surface area contributed by atoms with Crippen LogP contribution in [0.1, 0.15) is 40.5 Å². The van der Waals surface area contributed by atoms with E-state index < -0.39 is 0 Å². The molecule has 0 amide bonds. The molecule has 0 aliphatic heterocycles. The third-order valence-corrected chi connectivity index (χ3v) is 1.35. The molecule has 0 saturated carbocycles. The number of rotatable bonds is 6. The lowest BCUT2D eigenvalue weighted by Crippen LogP contribution is -2.10. The molecule has 0 bridgehead atoms. The summed E-state index contributed by atoms with van der Waals surface area (Å²) in [7, 11) is 0. The number of ether oxygens (including phenoxy) is 2. The summed E-state index contributed by atoms with van der Waals surface area (Å²) in [4.78, 5) is 9.82. The minimum absolute atomic E-state index is 0.211. The lowest BCUT2D eigenvalue weighted by atomic mass is 10.4. The van der Waals surface area contributed by atoms with Crippen molar-refractivity contribution in [2.45, 2.75) is 46.6 Å². The third-order valence-electron chi connectivity index (χ3n) is 1.35. The summed E-state index contributed by atoms with van der Waals surface area (Å²) >= 11 is 0. The normalized spacial score (nSPS) is 11.3. The summed E-state index contributed by atoms with van der Waals surface area (Å²) in [5, 5.41) is 8.73. The monoisotopic (exact) mass is 220 g/mol. The Morgan fingerprint density at radius 2 is 2.00 bits per heavy atom. The molecule has 1 N–H and O–H groups in total. The van der Waals surface area contributed by atoms with Crippen LogP contribution in [0.5, 0.6) is 0 Å². The van der Waals surface area contributed by atoms with Gasteiger partial charge < -0.3 is 14.6 Å². The average Bonchev–Trinajstić information content (AvgIpc) is 2.13. The summed E-state index contributed by atoms with van der Waals surface area (Å²) in [6.45, 7) is 8.75. The number of unbranched alkanes of at least 4 members (excludes halogenated alkanes) is 1. The van der Waals surface area contributed by atoms with Gasteiger partial charge in [0.05, 0.1) is 19.3 Å². The highest BCUT2D eigenvalue weighted by atomic mass is 16.5. The molecule has 1 unspecified atom stereocenters. The summed E-state index contributed by atoms with van der Waals surface area (Å²) in [5.74, 6) is -0.211. The molecule has 0 aliphatic carbocycles. The zero-order chi connectivity index (χ0) is 12.1. The van der Waals surface area contributed by atoms with Gasteiger partial charge in [-0.2, -0.15) is 0 Å². The average molecular weight is 220 g/mol. The van der Waals surface area contributed by atoms with Crippen LogP contribution < -0.4 is 0 Å². The van der Waals surface area contributed by atoms with Crippen molar-refractivity contribution >= 4 is 5.97 Å². The Morgan fingerprint density at radius 1 is 1.40 bits per heavy atom. The van der Waals surface area contributed by atoms with Crippen LogP contribution in [0.2, 0.25) is 0 Å². The Bertz CT molecular complexity index is 135. The van der Waals surface area contributed by atoms with Crippen molar-refractivity contribution < 1.29 is 19.4 Å². The molecule has 4 nitrogen and oxygen atoms in total. The van der Waals surface area contributed by atoms with E-state index in [-0.39, 0.29) is 12.1 Å². The van der Waals surface area contributed by atoms with E-state index in [1.54, 1.807) is 13.8 Å². The summed E-state index contributed by atoms with van der Waals surface area (Å²) in [6.07, 6.45) is 1.92. The Morgan fingerprint density at radius 3 is 2.27 bits per heavy atom. The highest BCUT2D eigenvalue weighted by Gasteiger charge is 1.92. The molecule has 15 heavy (non-hydrogen) atoms. The van der Waals surface area contributed by atoms with E-state index in [0.29, 0.717) is 13.2 Å². The molecule has 0 saturated heterocycles. The Hall–Kier alpha value is -0.610. The second-order valence-electron chi connectivity index (χ2n) is 3.20. The van der Waals surface area contributed by atoms with Crippen molar-refractivity contribution in [2.75, 3.05) is 19.8 Å². The molecule has 0 aromatic rings. The van der Waals surface area contributed by atoms with Crippen LogP contribution in [0, 0.1) is 0 Å². The van der Waals surface area contributed by atoms with E-state index >= 15 is 0 Å². The maximum Gasteiger partial charge on any atom is 0.302 e. The first-order valence-electron chi connectivity index (χ1n) is 5.43. The van der Waals surface area contributed by atoms with Gasteiger partial charge in [0.1, 0.15) is 0 Å². The van der Waals surface area contributed by atoms with Crippen molar-refractivity contribution in [3.8, 4) is 0 Å². The molecular weight excluding hydrogens is 196 g/mol. The molecule has 0 fully saturated rings. The molecule has 0 heterocycles. The lowest BCUT2D eigenvalue weighted by molar-refractivity contribution is -0.140. The minimum Gasteiger partial charge on any atom is -0.466 e. The summed E-state index contributed by atoms with van der Waals surface area (Å²) in [6, 6.07) is 0. The number of carbonyl (C=O) groups excluding carboxylic acids is 1. The standard InChI is InChI=1S/C7H16O2.C4H8O2/c1-3-4-5-9-6-7(2)8;1-3-6-4(2)5/h7-8H,3-6H2,1-2H3;3H2,1-2H3. The number of aliphatic hydroxyl groups excluding tert-OH is 1. The van der Waals surface area contributed by atoms with Crippen LogP contribution in [-0.2, 0) is 14.3 Å². The number of esters is 1. The Balaban J connectivity index is 0. The minimum atomic E-state index is -0.318. The van der Waals surface area contributed by atoms with Crippen LogP contribution in [-0.4, -0.2) is 37.0 Å².